The van der Waals surface area contributed by atoms with Crippen molar-refractivity contribution in [2.24, 2.45) is 0 Å². The van der Waals surface area contributed by atoms with Crippen molar-refractivity contribution >= 4 is 29.2 Å². The van der Waals surface area contributed by atoms with Crippen LogP contribution in [0, 0.1) is 0 Å². The van der Waals surface area contributed by atoms with Gasteiger partial charge >= 0.3 is 0 Å². The van der Waals surface area contributed by atoms with Gasteiger partial charge in [0.1, 0.15) is 0 Å². The minimum atomic E-state index is 0.644. The molecule has 0 radical (unpaired) electrons. The third-order valence-corrected chi connectivity index (χ3v) is 4.29. The molecular formula is C9H6S2. The van der Waals surface area contributed by atoms with Gasteiger partial charge in [0, 0.05) is 4.88 Å². The molecule has 0 spiro atoms. The standard InChI is InChI=1S/C9H6S2/c1-3-10-8-6(1)5-7-2-4-11-9(7)8/h1-5,8H. The smallest absolute Gasteiger partial charge is 0.0687 e. The molecule has 0 bridgehead atoms. The lowest BCUT2D eigenvalue weighted by molar-refractivity contribution is 1.28. The Hall–Kier alpha value is -0.470. The van der Waals surface area contributed by atoms with E-state index in [9.17, 15) is 0 Å². The minimum absolute atomic E-state index is 0.644. The van der Waals surface area contributed by atoms with E-state index in [0.717, 1.165) is 0 Å². The summed E-state index contributed by atoms with van der Waals surface area (Å²) in [4.78, 5) is 1.54. The van der Waals surface area contributed by atoms with Crippen LogP contribution in [-0.4, -0.2) is 0 Å². The maximum Gasteiger partial charge on any atom is 0.0687 e. The number of allylic oxidation sites excluding steroid dienone is 1. The third kappa shape index (κ3) is 0.713. The van der Waals surface area contributed by atoms with Crippen LogP contribution in [0.3, 0.4) is 0 Å². The molecular weight excluding hydrogens is 172 g/mol. The first kappa shape index (κ1) is 6.09. The second-order valence-electron chi connectivity index (χ2n) is 2.70. The summed E-state index contributed by atoms with van der Waals surface area (Å²) in [5.41, 5.74) is 2.92. The number of rotatable bonds is 0. The number of fused-ring (bicyclic) bond motifs is 3. The summed E-state index contributed by atoms with van der Waals surface area (Å²) in [5.74, 6) is 0. The van der Waals surface area contributed by atoms with Crippen LogP contribution in [0.15, 0.2) is 28.5 Å². The summed E-state index contributed by atoms with van der Waals surface area (Å²) in [6, 6.07) is 2.21. The van der Waals surface area contributed by atoms with Gasteiger partial charge in [0.15, 0.2) is 0 Å². The Bertz CT molecular complexity index is 357. The van der Waals surface area contributed by atoms with Crippen LogP contribution in [0.25, 0.3) is 6.08 Å². The van der Waals surface area contributed by atoms with Crippen molar-refractivity contribution in [1.82, 2.24) is 0 Å². The zero-order valence-corrected chi connectivity index (χ0v) is 7.41. The largest absolute Gasteiger partial charge is 0.147 e. The third-order valence-electron chi connectivity index (χ3n) is 2.07. The molecule has 1 aromatic rings. The molecule has 1 unspecified atom stereocenters. The van der Waals surface area contributed by atoms with Crippen LogP contribution < -0.4 is 0 Å². The Balaban J connectivity index is 2.24. The highest BCUT2D eigenvalue weighted by Gasteiger charge is 2.27. The molecule has 3 rings (SSSR count). The topological polar surface area (TPSA) is 0 Å². The second-order valence-corrected chi connectivity index (χ2v) is 4.67. The molecule has 1 aliphatic heterocycles. The fraction of sp³-hybridized carbons (Fsp3) is 0.111. The van der Waals surface area contributed by atoms with Crippen molar-refractivity contribution in [2.75, 3.05) is 0 Å². The van der Waals surface area contributed by atoms with E-state index in [-0.39, 0.29) is 0 Å². The summed E-state index contributed by atoms with van der Waals surface area (Å²) < 4.78 is 0. The van der Waals surface area contributed by atoms with Gasteiger partial charge in [0.05, 0.1) is 5.25 Å². The number of hydrogen-bond donors (Lipinski definition) is 0. The van der Waals surface area contributed by atoms with Crippen molar-refractivity contribution in [3.63, 3.8) is 0 Å². The van der Waals surface area contributed by atoms with Crippen LogP contribution in [-0.2, 0) is 0 Å². The molecule has 0 nitrogen and oxygen atoms in total. The molecule has 1 aromatic heterocycles. The molecule has 0 fully saturated rings. The van der Waals surface area contributed by atoms with Crippen LogP contribution in [0.4, 0.5) is 0 Å². The van der Waals surface area contributed by atoms with Crippen molar-refractivity contribution in [3.05, 3.63) is 38.9 Å². The lowest BCUT2D eigenvalue weighted by Crippen LogP contribution is -1.81. The molecule has 2 heterocycles. The second kappa shape index (κ2) is 2.02. The maximum atomic E-state index is 2.30. The van der Waals surface area contributed by atoms with Gasteiger partial charge in [-0.2, -0.15) is 0 Å². The van der Waals surface area contributed by atoms with E-state index in [2.05, 4.69) is 29.0 Å². The first-order valence-electron chi connectivity index (χ1n) is 3.56. The van der Waals surface area contributed by atoms with Gasteiger partial charge in [-0.3, -0.25) is 0 Å². The van der Waals surface area contributed by atoms with Gasteiger partial charge in [-0.15, -0.1) is 23.1 Å². The van der Waals surface area contributed by atoms with E-state index in [4.69, 9.17) is 0 Å². The summed E-state index contributed by atoms with van der Waals surface area (Å²) in [7, 11) is 0. The predicted molar refractivity (Wildman–Crippen MR) is 51.8 cm³/mol. The van der Waals surface area contributed by atoms with Gasteiger partial charge in [-0.1, -0.05) is 6.08 Å². The number of hydrogen-bond acceptors (Lipinski definition) is 2. The molecule has 11 heavy (non-hydrogen) atoms. The summed E-state index contributed by atoms with van der Waals surface area (Å²) in [6.45, 7) is 0. The number of thioether (sulfide) groups is 1. The lowest BCUT2D eigenvalue weighted by atomic mass is 10.2. The van der Waals surface area contributed by atoms with E-state index in [0.29, 0.717) is 5.25 Å². The van der Waals surface area contributed by atoms with E-state index in [1.54, 1.807) is 0 Å². The molecule has 2 heteroatoms. The average Bonchev–Trinajstić information content (AvgIpc) is 2.52. The van der Waals surface area contributed by atoms with Crippen LogP contribution in [0.1, 0.15) is 15.7 Å². The normalized spacial score (nSPS) is 25.1. The molecule has 0 saturated carbocycles. The monoisotopic (exact) mass is 178 g/mol. The Morgan fingerprint density at radius 2 is 2.36 bits per heavy atom. The first-order valence-corrected chi connectivity index (χ1v) is 5.38. The predicted octanol–water partition coefficient (Wildman–Crippen LogP) is 3.45. The average molecular weight is 178 g/mol. The quantitative estimate of drug-likeness (QED) is 0.586. The molecule has 2 aliphatic rings. The SMILES string of the molecule is C1=CC2=Cc3ccsc3C2S1. The van der Waals surface area contributed by atoms with Gasteiger partial charge in [-0.05, 0) is 34.1 Å². The van der Waals surface area contributed by atoms with Gasteiger partial charge < -0.3 is 0 Å². The molecule has 0 aromatic carbocycles. The summed E-state index contributed by atoms with van der Waals surface area (Å²) >= 11 is 3.80. The maximum absolute atomic E-state index is 2.30. The Kier molecular flexibility index (Phi) is 1.12. The molecule has 1 atom stereocenters. The van der Waals surface area contributed by atoms with Crippen molar-refractivity contribution < 1.29 is 0 Å². The zero-order valence-electron chi connectivity index (χ0n) is 5.78. The molecule has 54 valence electrons. The molecule has 0 N–H and O–H groups in total. The summed E-state index contributed by atoms with van der Waals surface area (Å²) in [6.07, 6.45) is 4.52. The van der Waals surface area contributed by atoms with E-state index >= 15 is 0 Å². The molecule has 0 amide bonds. The van der Waals surface area contributed by atoms with Crippen molar-refractivity contribution in [3.8, 4) is 0 Å². The number of thiophene rings is 1. The van der Waals surface area contributed by atoms with Crippen LogP contribution in [0.5, 0.6) is 0 Å². The molecule has 0 saturated heterocycles. The first-order chi connectivity index (χ1) is 5.45. The Labute approximate surface area is 73.6 Å². The highest BCUT2D eigenvalue weighted by Crippen LogP contribution is 2.50. The fourth-order valence-electron chi connectivity index (χ4n) is 1.54. The zero-order chi connectivity index (χ0) is 7.26. The van der Waals surface area contributed by atoms with Crippen LogP contribution in [0.2, 0.25) is 0 Å². The fourth-order valence-corrected chi connectivity index (χ4v) is 3.72. The molecule has 1 aliphatic carbocycles. The Morgan fingerprint density at radius 1 is 1.36 bits per heavy atom. The summed E-state index contributed by atoms with van der Waals surface area (Å²) in [5, 5.41) is 5.01. The van der Waals surface area contributed by atoms with Crippen molar-refractivity contribution in [1.29, 1.82) is 0 Å². The van der Waals surface area contributed by atoms with Crippen LogP contribution >= 0.6 is 23.1 Å². The highest BCUT2D eigenvalue weighted by atomic mass is 32.2. The van der Waals surface area contributed by atoms with E-state index in [1.807, 2.05) is 23.1 Å². The van der Waals surface area contributed by atoms with Gasteiger partial charge in [-0.25, -0.2) is 0 Å². The van der Waals surface area contributed by atoms with Crippen molar-refractivity contribution in [2.45, 2.75) is 5.25 Å². The van der Waals surface area contributed by atoms with Gasteiger partial charge in [0.25, 0.3) is 0 Å². The lowest BCUT2D eigenvalue weighted by Gasteiger charge is -2.01. The highest BCUT2D eigenvalue weighted by molar-refractivity contribution is 8.03. The van der Waals surface area contributed by atoms with E-state index < -0.39 is 0 Å². The van der Waals surface area contributed by atoms with Gasteiger partial charge in [0.2, 0.25) is 0 Å². The Morgan fingerprint density at radius 3 is 3.36 bits per heavy atom. The minimum Gasteiger partial charge on any atom is -0.147 e. The van der Waals surface area contributed by atoms with E-state index in [1.165, 1.54) is 16.0 Å².